The van der Waals surface area contributed by atoms with Gasteiger partial charge in [-0.25, -0.2) is 0 Å². The molecule has 0 aliphatic heterocycles. The maximum absolute atomic E-state index is 10.1. The van der Waals surface area contributed by atoms with Crippen LogP contribution in [-0.2, 0) is 6.42 Å². The van der Waals surface area contributed by atoms with E-state index in [1.54, 1.807) is 17.4 Å². The Morgan fingerprint density at radius 3 is 2.88 bits per heavy atom. The molecular weight excluding hydrogens is 308 g/mol. The maximum atomic E-state index is 10.1. The Labute approximate surface area is 112 Å². The topological polar surface area (TPSA) is 20.2 Å². The molecule has 1 unspecified atom stereocenters. The molecule has 1 aromatic heterocycles. The fraction of sp³-hybridized carbons (Fsp3) is 0.167. The summed E-state index contributed by atoms with van der Waals surface area (Å²) in [4.78, 5) is 1.16. The van der Waals surface area contributed by atoms with Crippen molar-refractivity contribution in [1.29, 1.82) is 0 Å². The highest BCUT2D eigenvalue weighted by molar-refractivity contribution is 9.10. The SMILES string of the molecule is OC(Cc1cccs1)c1cc(Br)ccc1Cl. The molecule has 2 aromatic rings. The summed E-state index contributed by atoms with van der Waals surface area (Å²) in [6.45, 7) is 0. The Bertz CT molecular complexity index is 470. The van der Waals surface area contributed by atoms with E-state index in [1.165, 1.54) is 0 Å². The smallest absolute Gasteiger partial charge is 0.0853 e. The molecule has 0 bridgehead atoms. The molecule has 0 aliphatic carbocycles. The van der Waals surface area contributed by atoms with Crippen molar-refractivity contribution in [2.75, 3.05) is 0 Å². The van der Waals surface area contributed by atoms with Gasteiger partial charge >= 0.3 is 0 Å². The highest BCUT2D eigenvalue weighted by Crippen LogP contribution is 2.29. The van der Waals surface area contributed by atoms with E-state index in [-0.39, 0.29) is 0 Å². The van der Waals surface area contributed by atoms with Crippen LogP contribution in [0.4, 0.5) is 0 Å². The van der Waals surface area contributed by atoms with Crippen molar-refractivity contribution in [3.63, 3.8) is 0 Å². The first-order valence-electron chi connectivity index (χ1n) is 4.82. The molecule has 1 atom stereocenters. The van der Waals surface area contributed by atoms with Gasteiger partial charge in [-0.15, -0.1) is 11.3 Å². The number of halogens is 2. The third-order valence-electron chi connectivity index (χ3n) is 2.29. The fourth-order valence-corrected chi connectivity index (χ4v) is 2.86. The molecule has 0 saturated heterocycles. The fourth-order valence-electron chi connectivity index (χ4n) is 1.50. The predicted molar refractivity (Wildman–Crippen MR) is 72.1 cm³/mol. The summed E-state index contributed by atoms with van der Waals surface area (Å²) in [5, 5.41) is 12.7. The van der Waals surface area contributed by atoms with Gasteiger partial charge in [-0.1, -0.05) is 33.6 Å². The van der Waals surface area contributed by atoms with E-state index in [1.807, 2.05) is 29.6 Å². The summed E-state index contributed by atoms with van der Waals surface area (Å²) in [5.41, 5.74) is 0.768. The summed E-state index contributed by atoms with van der Waals surface area (Å²) in [5.74, 6) is 0. The molecule has 0 saturated carbocycles. The molecule has 4 heteroatoms. The second-order valence-corrected chi connectivity index (χ2v) is 5.82. The third-order valence-corrected chi connectivity index (χ3v) is 4.03. The molecule has 0 amide bonds. The van der Waals surface area contributed by atoms with Gasteiger partial charge in [0.25, 0.3) is 0 Å². The minimum atomic E-state index is -0.552. The Morgan fingerprint density at radius 1 is 1.38 bits per heavy atom. The molecule has 16 heavy (non-hydrogen) atoms. The molecular formula is C12H10BrClOS. The van der Waals surface area contributed by atoms with Gasteiger partial charge in [0.15, 0.2) is 0 Å². The van der Waals surface area contributed by atoms with Crippen molar-refractivity contribution < 1.29 is 5.11 Å². The second kappa shape index (κ2) is 5.32. The van der Waals surface area contributed by atoms with E-state index in [0.717, 1.165) is 14.9 Å². The van der Waals surface area contributed by atoms with Crippen LogP contribution in [0.1, 0.15) is 16.5 Å². The lowest BCUT2D eigenvalue weighted by Gasteiger charge is -2.12. The summed E-state index contributed by atoms with van der Waals surface area (Å²) < 4.78 is 0.928. The van der Waals surface area contributed by atoms with Gasteiger partial charge < -0.3 is 5.11 Å². The first kappa shape index (κ1) is 12.1. The number of hydrogen-bond acceptors (Lipinski definition) is 2. The molecule has 84 valence electrons. The zero-order valence-electron chi connectivity index (χ0n) is 8.36. The molecule has 0 fully saturated rings. The molecule has 1 aromatic carbocycles. The standard InChI is InChI=1S/C12H10BrClOS/c13-8-3-4-11(14)10(6-8)12(15)7-9-2-1-5-16-9/h1-6,12,15H,7H2. The number of aliphatic hydroxyl groups excluding tert-OH is 1. The Balaban J connectivity index is 2.20. The predicted octanol–water partition coefficient (Wildman–Crippen LogP) is 4.44. The summed E-state index contributed by atoms with van der Waals surface area (Å²) in [7, 11) is 0. The first-order valence-corrected chi connectivity index (χ1v) is 6.87. The summed E-state index contributed by atoms with van der Waals surface area (Å²) >= 11 is 11.1. The van der Waals surface area contributed by atoms with E-state index >= 15 is 0 Å². The monoisotopic (exact) mass is 316 g/mol. The van der Waals surface area contributed by atoms with Crippen LogP contribution in [0.15, 0.2) is 40.2 Å². The van der Waals surface area contributed by atoms with E-state index in [4.69, 9.17) is 11.6 Å². The van der Waals surface area contributed by atoms with E-state index in [0.29, 0.717) is 11.4 Å². The van der Waals surface area contributed by atoms with E-state index in [2.05, 4.69) is 15.9 Å². The quantitative estimate of drug-likeness (QED) is 0.887. The molecule has 1 nitrogen and oxygen atoms in total. The van der Waals surface area contributed by atoms with Gasteiger partial charge in [-0.2, -0.15) is 0 Å². The van der Waals surface area contributed by atoms with Crippen LogP contribution in [0.2, 0.25) is 5.02 Å². The number of benzene rings is 1. The van der Waals surface area contributed by atoms with Crippen LogP contribution in [0.25, 0.3) is 0 Å². The Kier molecular flexibility index (Phi) is 4.03. The highest BCUT2D eigenvalue weighted by atomic mass is 79.9. The average Bonchev–Trinajstić information content (AvgIpc) is 2.74. The van der Waals surface area contributed by atoms with Crippen LogP contribution in [0.5, 0.6) is 0 Å². The molecule has 0 aliphatic rings. The summed E-state index contributed by atoms with van der Waals surface area (Å²) in [6.07, 6.45) is 0.0528. The Hall–Kier alpha value is -0.350. The zero-order valence-corrected chi connectivity index (χ0v) is 11.5. The van der Waals surface area contributed by atoms with Crippen LogP contribution in [0.3, 0.4) is 0 Å². The minimum absolute atomic E-state index is 0.552. The highest BCUT2D eigenvalue weighted by Gasteiger charge is 2.13. The number of thiophene rings is 1. The molecule has 2 rings (SSSR count). The van der Waals surface area contributed by atoms with Crippen LogP contribution in [0, 0.1) is 0 Å². The lowest BCUT2D eigenvalue weighted by atomic mass is 10.1. The molecule has 0 radical (unpaired) electrons. The normalized spacial score (nSPS) is 12.7. The van der Waals surface area contributed by atoms with Crippen LogP contribution in [-0.4, -0.2) is 5.11 Å². The molecule has 1 N–H and O–H groups in total. The van der Waals surface area contributed by atoms with E-state index < -0.39 is 6.10 Å². The largest absolute Gasteiger partial charge is 0.388 e. The van der Waals surface area contributed by atoms with Gasteiger partial charge in [0.2, 0.25) is 0 Å². The van der Waals surface area contributed by atoms with Crippen molar-refractivity contribution in [2.24, 2.45) is 0 Å². The minimum Gasteiger partial charge on any atom is -0.388 e. The van der Waals surface area contributed by atoms with Crippen molar-refractivity contribution in [2.45, 2.75) is 12.5 Å². The van der Waals surface area contributed by atoms with Crippen molar-refractivity contribution in [1.82, 2.24) is 0 Å². The molecule has 1 heterocycles. The van der Waals surface area contributed by atoms with Crippen molar-refractivity contribution >= 4 is 38.9 Å². The van der Waals surface area contributed by atoms with Crippen LogP contribution >= 0.6 is 38.9 Å². The lowest BCUT2D eigenvalue weighted by Crippen LogP contribution is -2.01. The number of hydrogen-bond donors (Lipinski definition) is 1. The van der Waals surface area contributed by atoms with Gasteiger partial charge in [0, 0.05) is 26.4 Å². The zero-order chi connectivity index (χ0) is 11.5. The van der Waals surface area contributed by atoms with Gasteiger partial charge in [-0.3, -0.25) is 0 Å². The molecule has 0 spiro atoms. The van der Waals surface area contributed by atoms with E-state index in [9.17, 15) is 5.11 Å². The van der Waals surface area contributed by atoms with Crippen LogP contribution < -0.4 is 0 Å². The number of aliphatic hydroxyl groups is 1. The maximum Gasteiger partial charge on any atom is 0.0853 e. The van der Waals surface area contributed by atoms with Gasteiger partial charge in [0.05, 0.1) is 6.10 Å². The third kappa shape index (κ3) is 2.86. The van der Waals surface area contributed by atoms with Crippen molar-refractivity contribution in [3.05, 3.63) is 55.6 Å². The average molecular weight is 318 g/mol. The van der Waals surface area contributed by atoms with Gasteiger partial charge in [-0.05, 0) is 29.6 Å². The summed E-state index contributed by atoms with van der Waals surface area (Å²) in [6, 6.07) is 9.51. The van der Waals surface area contributed by atoms with Gasteiger partial charge in [0.1, 0.15) is 0 Å². The Morgan fingerprint density at radius 2 is 2.19 bits per heavy atom. The lowest BCUT2D eigenvalue weighted by molar-refractivity contribution is 0.179. The number of rotatable bonds is 3. The first-order chi connectivity index (χ1) is 7.66. The van der Waals surface area contributed by atoms with Crippen molar-refractivity contribution in [3.8, 4) is 0 Å². The second-order valence-electron chi connectivity index (χ2n) is 3.47.